The second kappa shape index (κ2) is 12.0. The number of nitrogens with one attached hydrogen (secondary N) is 2. The molecule has 0 aliphatic heterocycles. The van der Waals surface area contributed by atoms with Crippen LogP contribution in [0.4, 0.5) is 10.5 Å². The van der Waals surface area contributed by atoms with E-state index in [0.717, 1.165) is 16.3 Å². The average molecular weight is 559 g/mol. The van der Waals surface area contributed by atoms with E-state index in [1.54, 1.807) is 20.8 Å². The van der Waals surface area contributed by atoms with Crippen LogP contribution in [0.5, 0.6) is 0 Å². The molecule has 4 N–H and O–H groups in total. The lowest BCUT2D eigenvalue weighted by atomic mass is 9.97. The topological polar surface area (TPSA) is 131 Å². The van der Waals surface area contributed by atoms with E-state index in [-0.39, 0.29) is 12.0 Å². The number of nitrogens with two attached hydrogens (primary N) is 1. The fraction of sp³-hybridized carbons (Fsp3) is 0.375. The molecule has 0 aromatic heterocycles. The molecular weight excluding hydrogens is 520 g/mol. The number of nitrogens with zero attached hydrogens (tertiary/aromatic N) is 1. The highest BCUT2D eigenvalue weighted by Gasteiger charge is 2.48. The molecule has 0 bridgehead atoms. The average Bonchev–Trinajstić information content (AvgIpc) is 3.61. The molecule has 4 unspecified atom stereocenters. The number of ether oxygens (including phenoxy) is 1. The van der Waals surface area contributed by atoms with Crippen LogP contribution in [-0.4, -0.2) is 46.4 Å². The van der Waals surface area contributed by atoms with Gasteiger partial charge in [-0.2, -0.15) is 0 Å². The van der Waals surface area contributed by atoms with E-state index in [1.165, 1.54) is 4.90 Å². The SMILES string of the molecule is Cc1ccccc1C(C(=O)Nc1ccc2ccccc2c1)N(C(=O)C(CC(N)=O)NC(=O)OC(C)(C)C)C1CC1C. The number of primary amides is 1. The predicted molar refractivity (Wildman–Crippen MR) is 158 cm³/mol. The Hall–Kier alpha value is -4.40. The third-order valence-electron chi connectivity index (χ3n) is 7.10. The smallest absolute Gasteiger partial charge is 0.408 e. The Morgan fingerprint density at radius 1 is 1.00 bits per heavy atom. The van der Waals surface area contributed by atoms with Gasteiger partial charge in [-0.1, -0.05) is 61.5 Å². The van der Waals surface area contributed by atoms with Gasteiger partial charge in [0.25, 0.3) is 5.91 Å². The summed E-state index contributed by atoms with van der Waals surface area (Å²) in [5.74, 6) is -1.63. The monoisotopic (exact) mass is 558 g/mol. The summed E-state index contributed by atoms with van der Waals surface area (Å²) in [6.07, 6.45) is -0.621. The van der Waals surface area contributed by atoms with Crippen molar-refractivity contribution in [1.29, 1.82) is 0 Å². The van der Waals surface area contributed by atoms with Crippen molar-refractivity contribution in [3.63, 3.8) is 0 Å². The lowest BCUT2D eigenvalue weighted by molar-refractivity contribution is -0.142. The number of anilines is 1. The minimum atomic E-state index is -1.31. The zero-order valence-corrected chi connectivity index (χ0v) is 24.1. The Labute approximate surface area is 240 Å². The van der Waals surface area contributed by atoms with Gasteiger partial charge in [-0.15, -0.1) is 0 Å². The molecule has 0 radical (unpaired) electrons. The molecule has 4 atom stereocenters. The molecule has 0 saturated heterocycles. The molecule has 1 fully saturated rings. The van der Waals surface area contributed by atoms with Crippen LogP contribution in [0.25, 0.3) is 10.8 Å². The standard InChI is InChI=1S/C32H38N4O5/c1-19-10-6-9-13-24(19)28(29(38)34-23-15-14-21-11-7-8-12-22(21)17-23)36(26-16-20(26)2)30(39)25(18-27(33)37)35-31(40)41-32(3,4)5/h6-15,17,20,25-26,28H,16,18H2,1-5H3,(H2,33,37)(H,34,38)(H,35,40). The number of hydrogen-bond donors (Lipinski definition) is 3. The quantitative estimate of drug-likeness (QED) is 0.346. The largest absolute Gasteiger partial charge is 0.444 e. The first kappa shape index (κ1) is 29.6. The highest BCUT2D eigenvalue weighted by molar-refractivity contribution is 6.01. The van der Waals surface area contributed by atoms with Gasteiger partial charge < -0.3 is 26.0 Å². The number of hydrogen-bond acceptors (Lipinski definition) is 5. The zero-order chi connectivity index (χ0) is 29.9. The van der Waals surface area contributed by atoms with Crippen molar-refractivity contribution < 1.29 is 23.9 Å². The summed E-state index contributed by atoms with van der Waals surface area (Å²) in [6.45, 7) is 8.96. The second-order valence-corrected chi connectivity index (χ2v) is 11.7. The number of carbonyl (C=O) groups excluding carboxylic acids is 4. The lowest BCUT2D eigenvalue weighted by Gasteiger charge is -2.35. The summed E-state index contributed by atoms with van der Waals surface area (Å²) in [4.78, 5) is 54.6. The fourth-order valence-electron chi connectivity index (χ4n) is 4.99. The number of fused-ring (bicyclic) bond motifs is 1. The van der Waals surface area contributed by atoms with Crippen LogP contribution < -0.4 is 16.4 Å². The van der Waals surface area contributed by atoms with Crippen molar-refractivity contribution in [2.75, 3.05) is 5.32 Å². The first-order valence-electron chi connectivity index (χ1n) is 13.8. The molecule has 4 amide bonds. The van der Waals surface area contributed by atoms with E-state index in [1.807, 2.05) is 80.6 Å². The molecule has 216 valence electrons. The highest BCUT2D eigenvalue weighted by atomic mass is 16.6. The predicted octanol–water partition coefficient (Wildman–Crippen LogP) is 4.83. The number of carbonyl (C=O) groups is 4. The Balaban J connectivity index is 1.73. The van der Waals surface area contributed by atoms with E-state index >= 15 is 0 Å². The van der Waals surface area contributed by atoms with Crippen molar-refractivity contribution in [3.8, 4) is 0 Å². The van der Waals surface area contributed by atoms with Gasteiger partial charge in [-0.3, -0.25) is 14.4 Å². The Morgan fingerprint density at radius 3 is 2.24 bits per heavy atom. The fourth-order valence-corrected chi connectivity index (χ4v) is 4.99. The molecule has 1 aliphatic rings. The van der Waals surface area contributed by atoms with E-state index < -0.39 is 47.9 Å². The van der Waals surface area contributed by atoms with Crippen molar-refractivity contribution in [2.24, 2.45) is 11.7 Å². The van der Waals surface area contributed by atoms with Crippen LogP contribution >= 0.6 is 0 Å². The molecule has 3 aromatic carbocycles. The van der Waals surface area contributed by atoms with E-state index in [2.05, 4.69) is 10.6 Å². The third-order valence-corrected chi connectivity index (χ3v) is 7.10. The number of aryl methyl sites for hydroxylation is 1. The van der Waals surface area contributed by atoms with Crippen LogP contribution in [-0.2, 0) is 19.1 Å². The Kier molecular flexibility index (Phi) is 8.66. The molecule has 41 heavy (non-hydrogen) atoms. The van der Waals surface area contributed by atoms with Crippen molar-refractivity contribution in [2.45, 2.75) is 71.2 Å². The molecule has 9 nitrogen and oxygen atoms in total. The minimum Gasteiger partial charge on any atom is -0.444 e. The Bertz CT molecular complexity index is 1460. The van der Waals surface area contributed by atoms with Gasteiger partial charge in [0.05, 0.1) is 6.42 Å². The molecule has 1 aliphatic carbocycles. The summed E-state index contributed by atoms with van der Waals surface area (Å²) in [7, 11) is 0. The number of rotatable bonds is 9. The normalized spacial score (nSPS) is 17.7. The Morgan fingerprint density at radius 2 is 1.63 bits per heavy atom. The first-order valence-corrected chi connectivity index (χ1v) is 13.8. The maximum atomic E-state index is 14.2. The van der Waals surface area contributed by atoms with Crippen LogP contribution in [0.15, 0.2) is 66.7 Å². The summed E-state index contributed by atoms with van der Waals surface area (Å²) < 4.78 is 5.35. The molecule has 4 rings (SSSR count). The summed E-state index contributed by atoms with van der Waals surface area (Å²) in [5.41, 5.74) is 6.73. The first-order chi connectivity index (χ1) is 19.3. The van der Waals surface area contributed by atoms with Crippen molar-refractivity contribution >= 4 is 40.3 Å². The van der Waals surface area contributed by atoms with Crippen molar-refractivity contribution in [3.05, 3.63) is 77.9 Å². The number of amides is 4. The number of benzene rings is 3. The summed E-state index contributed by atoms with van der Waals surface area (Å²) >= 11 is 0. The van der Waals surface area contributed by atoms with E-state index in [0.29, 0.717) is 17.7 Å². The van der Waals surface area contributed by atoms with Gasteiger partial charge in [0, 0.05) is 11.7 Å². The van der Waals surface area contributed by atoms with E-state index in [4.69, 9.17) is 10.5 Å². The molecule has 1 saturated carbocycles. The zero-order valence-electron chi connectivity index (χ0n) is 24.1. The summed E-state index contributed by atoms with van der Waals surface area (Å²) in [5, 5.41) is 7.53. The van der Waals surface area contributed by atoms with Crippen LogP contribution in [0, 0.1) is 12.8 Å². The van der Waals surface area contributed by atoms with Crippen LogP contribution in [0.2, 0.25) is 0 Å². The van der Waals surface area contributed by atoms with E-state index in [9.17, 15) is 19.2 Å². The molecule has 3 aromatic rings. The highest BCUT2D eigenvalue weighted by Crippen LogP contribution is 2.41. The van der Waals surface area contributed by atoms with Gasteiger partial charge in [0.2, 0.25) is 11.8 Å². The maximum Gasteiger partial charge on any atom is 0.408 e. The summed E-state index contributed by atoms with van der Waals surface area (Å²) in [6, 6.07) is 18.2. The van der Waals surface area contributed by atoms with Crippen LogP contribution in [0.3, 0.4) is 0 Å². The number of alkyl carbamates (subject to hydrolysis) is 1. The molecule has 0 spiro atoms. The van der Waals surface area contributed by atoms with Gasteiger partial charge >= 0.3 is 6.09 Å². The van der Waals surface area contributed by atoms with Crippen LogP contribution in [0.1, 0.15) is 57.7 Å². The van der Waals surface area contributed by atoms with Gasteiger partial charge in [0.15, 0.2) is 0 Å². The minimum absolute atomic E-state index is 0.120. The third kappa shape index (κ3) is 7.42. The second-order valence-electron chi connectivity index (χ2n) is 11.7. The van der Waals surface area contributed by atoms with Crippen molar-refractivity contribution in [1.82, 2.24) is 10.2 Å². The molecule has 0 heterocycles. The lowest BCUT2D eigenvalue weighted by Crippen LogP contribution is -2.54. The molecular formula is C32H38N4O5. The maximum absolute atomic E-state index is 14.2. The van der Waals surface area contributed by atoms with Gasteiger partial charge in [-0.25, -0.2) is 4.79 Å². The van der Waals surface area contributed by atoms with Gasteiger partial charge in [-0.05, 0) is 74.1 Å². The van der Waals surface area contributed by atoms with Gasteiger partial charge in [0.1, 0.15) is 17.7 Å². The molecule has 9 heteroatoms.